The van der Waals surface area contributed by atoms with Gasteiger partial charge >= 0.3 is 0 Å². The molecule has 29 heavy (non-hydrogen) atoms. The van der Waals surface area contributed by atoms with Crippen molar-refractivity contribution in [2.75, 3.05) is 4.90 Å². The number of nitrogens with zero attached hydrogens (tertiary/aromatic N) is 1. The highest BCUT2D eigenvalue weighted by Crippen LogP contribution is 2.49. The number of carbonyl (C=O) groups excluding carboxylic acids is 2. The quantitative estimate of drug-likeness (QED) is 0.601. The Labute approximate surface area is 177 Å². The van der Waals surface area contributed by atoms with Crippen molar-refractivity contribution in [1.29, 1.82) is 0 Å². The molecule has 1 amide bonds. The summed E-state index contributed by atoms with van der Waals surface area (Å²) in [6, 6.07) is 13.7. The lowest BCUT2D eigenvalue weighted by molar-refractivity contribution is -0.121. The first-order chi connectivity index (χ1) is 13.7. The van der Waals surface area contributed by atoms with E-state index in [1.54, 1.807) is 4.90 Å². The summed E-state index contributed by atoms with van der Waals surface area (Å²) in [6.07, 6.45) is 1.49. The Bertz CT molecular complexity index is 1050. The number of benzene rings is 2. The predicted molar refractivity (Wildman–Crippen MR) is 117 cm³/mol. The molecule has 1 unspecified atom stereocenters. The van der Waals surface area contributed by atoms with Gasteiger partial charge in [0.05, 0.1) is 5.69 Å². The van der Waals surface area contributed by atoms with Crippen LogP contribution in [0.4, 0.5) is 5.69 Å². The smallest absolute Gasteiger partial charge is 0.232 e. The van der Waals surface area contributed by atoms with Crippen molar-refractivity contribution >= 4 is 29.0 Å². The van der Waals surface area contributed by atoms with E-state index in [-0.39, 0.29) is 23.0 Å². The fourth-order valence-corrected chi connectivity index (χ4v) is 4.95. The molecule has 150 valence electrons. The lowest BCUT2D eigenvalue weighted by atomic mass is 9.69. The fraction of sp³-hybridized carbons (Fsp3) is 0.360. The molecule has 4 heteroatoms. The second-order valence-electron chi connectivity index (χ2n) is 9.03. The molecule has 0 N–H and O–H groups in total. The van der Waals surface area contributed by atoms with Crippen molar-refractivity contribution in [1.82, 2.24) is 0 Å². The Morgan fingerprint density at radius 3 is 2.45 bits per heavy atom. The first kappa shape index (κ1) is 19.9. The van der Waals surface area contributed by atoms with E-state index < -0.39 is 0 Å². The highest BCUT2D eigenvalue weighted by Gasteiger charge is 2.44. The van der Waals surface area contributed by atoms with E-state index in [4.69, 9.17) is 11.6 Å². The molecule has 0 spiro atoms. The number of allylic oxidation sites excluding steroid dienone is 2. The van der Waals surface area contributed by atoms with Crippen LogP contribution in [0, 0.1) is 19.3 Å². The summed E-state index contributed by atoms with van der Waals surface area (Å²) in [5.74, 6) is -0.00686. The van der Waals surface area contributed by atoms with E-state index in [9.17, 15) is 9.59 Å². The van der Waals surface area contributed by atoms with Crippen LogP contribution in [0.15, 0.2) is 53.7 Å². The number of rotatable bonds is 2. The first-order valence-electron chi connectivity index (χ1n) is 10.1. The molecule has 1 atom stereocenters. The van der Waals surface area contributed by atoms with Crippen LogP contribution >= 0.6 is 11.6 Å². The van der Waals surface area contributed by atoms with Gasteiger partial charge in [-0.1, -0.05) is 55.8 Å². The van der Waals surface area contributed by atoms with E-state index in [0.717, 1.165) is 33.6 Å². The van der Waals surface area contributed by atoms with Gasteiger partial charge in [-0.25, -0.2) is 0 Å². The summed E-state index contributed by atoms with van der Waals surface area (Å²) in [7, 11) is 0. The van der Waals surface area contributed by atoms with Crippen LogP contribution in [0.3, 0.4) is 0 Å². The van der Waals surface area contributed by atoms with Gasteiger partial charge in [-0.3, -0.25) is 14.5 Å². The molecule has 0 saturated carbocycles. The molecule has 0 bridgehead atoms. The molecular weight excluding hydrogens is 382 g/mol. The van der Waals surface area contributed by atoms with Gasteiger partial charge in [0.15, 0.2) is 5.78 Å². The lowest BCUT2D eigenvalue weighted by Gasteiger charge is -2.43. The standard InChI is InChI=1S/C25H26ClNO2/c1-15-8-5-6-9-17(15)18-12-23(29)27(20-11-7-10-19(26)16(20)2)21-13-25(3,4)14-22(28)24(18)21/h5-11,18H,12-14H2,1-4H3. The second kappa shape index (κ2) is 7.14. The minimum absolute atomic E-state index is 0.0212. The Morgan fingerprint density at radius 2 is 1.72 bits per heavy atom. The van der Waals surface area contributed by atoms with Crippen molar-refractivity contribution in [3.8, 4) is 0 Å². The molecule has 2 aromatic carbocycles. The fourth-order valence-electron chi connectivity index (χ4n) is 4.78. The zero-order chi connectivity index (χ0) is 20.9. The van der Waals surface area contributed by atoms with E-state index >= 15 is 0 Å². The molecule has 2 aliphatic rings. The highest BCUT2D eigenvalue weighted by molar-refractivity contribution is 6.31. The molecule has 1 aliphatic carbocycles. The number of hydrogen-bond donors (Lipinski definition) is 0. The number of halogens is 1. The van der Waals surface area contributed by atoms with Crippen LogP contribution in [0.2, 0.25) is 5.02 Å². The van der Waals surface area contributed by atoms with Crippen LogP contribution in [0.25, 0.3) is 0 Å². The minimum Gasteiger partial charge on any atom is -0.294 e. The number of anilines is 1. The maximum atomic E-state index is 13.5. The number of aryl methyl sites for hydroxylation is 1. The van der Waals surface area contributed by atoms with Crippen molar-refractivity contribution in [2.45, 2.75) is 52.9 Å². The Balaban J connectivity index is 1.96. The molecule has 1 aliphatic heterocycles. The van der Waals surface area contributed by atoms with Gasteiger partial charge in [0, 0.05) is 35.1 Å². The van der Waals surface area contributed by atoms with E-state index in [2.05, 4.69) is 13.8 Å². The van der Waals surface area contributed by atoms with Crippen molar-refractivity contribution in [2.24, 2.45) is 5.41 Å². The minimum atomic E-state index is -0.186. The molecule has 0 radical (unpaired) electrons. The average molecular weight is 408 g/mol. The number of Topliss-reactive ketones (excluding diaryl/α,β-unsaturated/α-hetero) is 1. The van der Waals surface area contributed by atoms with E-state index in [1.165, 1.54) is 0 Å². The molecule has 3 nitrogen and oxygen atoms in total. The maximum absolute atomic E-state index is 13.5. The number of ketones is 1. The van der Waals surface area contributed by atoms with Gasteiger partial charge in [0.2, 0.25) is 5.91 Å². The van der Waals surface area contributed by atoms with Crippen molar-refractivity contribution in [3.63, 3.8) is 0 Å². The number of carbonyl (C=O) groups is 2. The van der Waals surface area contributed by atoms with Gasteiger partial charge in [-0.2, -0.15) is 0 Å². The van der Waals surface area contributed by atoms with Crippen LogP contribution in [0.1, 0.15) is 55.7 Å². The highest BCUT2D eigenvalue weighted by atomic mass is 35.5. The van der Waals surface area contributed by atoms with Gasteiger partial charge in [-0.15, -0.1) is 0 Å². The third-order valence-electron chi connectivity index (χ3n) is 6.19. The SMILES string of the molecule is Cc1ccccc1C1CC(=O)N(c2cccc(Cl)c2C)C2=C1C(=O)CC(C)(C)C2. The third kappa shape index (κ3) is 3.42. The van der Waals surface area contributed by atoms with Crippen molar-refractivity contribution in [3.05, 3.63) is 75.4 Å². The largest absolute Gasteiger partial charge is 0.294 e. The van der Waals surface area contributed by atoms with Crippen molar-refractivity contribution < 1.29 is 9.59 Å². The van der Waals surface area contributed by atoms with Gasteiger partial charge in [0.1, 0.15) is 0 Å². The van der Waals surface area contributed by atoms with Crippen LogP contribution < -0.4 is 4.90 Å². The summed E-state index contributed by atoms with van der Waals surface area (Å²) < 4.78 is 0. The summed E-state index contributed by atoms with van der Waals surface area (Å²) in [4.78, 5) is 28.6. The molecule has 2 aromatic rings. The zero-order valence-corrected chi connectivity index (χ0v) is 18.1. The average Bonchev–Trinajstić information content (AvgIpc) is 2.63. The van der Waals surface area contributed by atoms with Gasteiger partial charge in [0.25, 0.3) is 0 Å². The Morgan fingerprint density at radius 1 is 1.00 bits per heavy atom. The summed E-state index contributed by atoms with van der Waals surface area (Å²) >= 11 is 6.36. The van der Waals surface area contributed by atoms with E-state index in [1.807, 2.05) is 56.3 Å². The summed E-state index contributed by atoms with van der Waals surface area (Å²) in [5, 5.41) is 0.625. The van der Waals surface area contributed by atoms with Crippen LogP contribution in [0.5, 0.6) is 0 Å². The maximum Gasteiger partial charge on any atom is 0.232 e. The van der Waals surface area contributed by atoms with Gasteiger partial charge < -0.3 is 0 Å². The Kier molecular flexibility index (Phi) is 4.90. The lowest BCUT2D eigenvalue weighted by Crippen LogP contribution is -2.44. The topological polar surface area (TPSA) is 37.4 Å². The van der Waals surface area contributed by atoms with E-state index in [0.29, 0.717) is 24.3 Å². The summed E-state index contributed by atoms with van der Waals surface area (Å²) in [5.41, 5.74) is 5.29. The third-order valence-corrected chi connectivity index (χ3v) is 6.60. The molecular formula is C25H26ClNO2. The van der Waals surface area contributed by atoms with Crippen LogP contribution in [-0.2, 0) is 9.59 Å². The monoisotopic (exact) mass is 407 g/mol. The molecule has 0 fully saturated rings. The second-order valence-corrected chi connectivity index (χ2v) is 9.43. The number of amides is 1. The zero-order valence-electron chi connectivity index (χ0n) is 17.4. The first-order valence-corrected chi connectivity index (χ1v) is 10.5. The Hall–Kier alpha value is -2.39. The normalized spacial score (nSPS) is 21.4. The molecule has 1 heterocycles. The molecule has 4 rings (SSSR count). The predicted octanol–water partition coefficient (Wildman–Crippen LogP) is 6.12. The van der Waals surface area contributed by atoms with Gasteiger partial charge in [-0.05, 0) is 54.5 Å². The van der Waals surface area contributed by atoms with Crippen LogP contribution in [-0.4, -0.2) is 11.7 Å². The molecule has 0 aromatic heterocycles. The number of hydrogen-bond acceptors (Lipinski definition) is 2. The summed E-state index contributed by atoms with van der Waals surface area (Å²) in [6.45, 7) is 8.16. The molecule has 0 saturated heterocycles.